The number of amides is 2. The van der Waals surface area contributed by atoms with Gasteiger partial charge in [-0.3, -0.25) is 9.59 Å². The molecule has 6 heteroatoms. The predicted molar refractivity (Wildman–Crippen MR) is 125 cm³/mol. The first kappa shape index (κ1) is 21.2. The average molecular weight is 442 g/mol. The zero-order chi connectivity index (χ0) is 21.2. The summed E-state index contributed by atoms with van der Waals surface area (Å²) in [5.74, 6) is 0.971. The lowest BCUT2D eigenvalue weighted by Crippen LogP contribution is -2.31. The maximum absolute atomic E-state index is 13.3. The van der Waals surface area contributed by atoms with Crippen LogP contribution in [-0.2, 0) is 17.6 Å². The standard InChI is InChI=1S/C25H35N3O2S/c29-23(26-15-14-16-8-2-1-3-9-16)21-18-11-5-7-13-20(18)31-25(21)28-22-17-10-4-6-12-19(17)27-24(22)30/h16-17,19H,1-15H2,(H,26,29)(H,27,30)/b28-22+. The highest BCUT2D eigenvalue weighted by atomic mass is 32.1. The number of rotatable bonds is 5. The van der Waals surface area contributed by atoms with Crippen LogP contribution in [0.25, 0.3) is 0 Å². The maximum Gasteiger partial charge on any atom is 0.266 e. The quantitative estimate of drug-likeness (QED) is 0.668. The SMILES string of the molecule is O=C1NC2CCCCC2/C1=N\c1sc2c(c1C(=O)NCCC1CCCCC1)CCCC2. The van der Waals surface area contributed by atoms with E-state index in [1.54, 1.807) is 11.3 Å². The second-order valence-electron chi connectivity index (χ2n) is 9.91. The highest BCUT2D eigenvalue weighted by Gasteiger charge is 2.40. The van der Waals surface area contributed by atoms with E-state index in [1.807, 2.05) is 0 Å². The fourth-order valence-corrected chi connectivity index (χ4v) is 7.37. The molecule has 0 bridgehead atoms. The lowest BCUT2D eigenvalue weighted by atomic mass is 9.84. The van der Waals surface area contributed by atoms with E-state index in [0.29, 0.717) is 5.71 Å². The van der Waals surface area contributed by atoms with Gasteiger partial charge in [-0.05, 0) is 56.4 Å². The van der Waals surface area contributed by atoms with Gasteiger partial charge in [0.25, 0.3) is 11.8 Å². The van der Waals surface area contributed by atoms with Crippen LogP contribution in [0.3, 0.4) is 0 Å². The number of hydrogen-bond acceptors (Lipinski definition) is 4. The third kappa shape index (κ3) is 4.46. The zero-order valence-electron chi connectivity index (χ0n) is 18.5. The van der Waals surface area contributed by atoms with E-state index in [2.05, 4.69) is 10.6 Å². The Kier molecular flexibility index (Phi) is 6.44. The van der Waals surface area contributed by atoms with Crippen molar-refractivity contribution in [3.05, 3.63) is 16.0 Å². The van der Waals surface area contributed by atoms with Crippen molar-refractivity contribution >= 4 is 33.9 Å². The van der Waals surface area contributed by atoms with Crippen molar-refractivity contribution in [1.29, 1.82) is 0 Å². The van der Waals surface area contributed by atoms with E-state index >= 15 is 0 Å². The third-order valence-electron chi connectivity index (χ3n) is 7.83. The highest BCUT2D eigenvalue weighted by Crippen LogP contribution is 2.41. The molecule has 1 aromatic rings. The molecule has 2 heterocycles. The number of hydrogen-bond donors (Lipinski definition) is 2. The minimum atomic E-state index is -0.0214. The van der Waals surface area contributed by atoms with Gasteiger partial charge < -0.3 is 10.6 Å². The summed E-state index contributed by atoms with van der Waals surface area (Å²) in [5.41, 5.74) is 2.63. The van der Waals surface area contributed by atoms with Gasteiger partial charge in [-0.1, -0.05) is 44.9 Å². The summed E-state index contributed by atoms with van der Waals surface area (Å²) in [7, 11) is 0. The van der Waals surface area contributed by atoms with Crippen LogP contribution in [0.2, 0.25) is 0 Å². The first-order chi connectivity index (χ1) is 15.2. The minimum absolute atomic E-state index is 0.0214. The van der Waals surface area contributed by atoms with Crippen LogP contribution in [0, 0.1) is 11.8 Å². The van der Waals surface area contributed by atoms with Crippen molar-refractivity contribution in [3.8, 4) is 0 Å². The number of carbonyl (C=O) groups excluding carboxylic acids is 2. The molecule has 5 nitrogen and oxygen atoms in total. The zero-order valence-corrected chi connectivity index (χ0v) is 19.3. The molecule has 2 N–H and O–H groups in total. The largest absolute Gasteiger partial charge is 0.352 e. The molecule has 1 aliphatic heterocycles. The van der Waals surface area contributed by atoms with E-state index in [-0.39, 0.29) is 23.8 Å². The number of carbonyl (C=O) groups is 2. The van der Waals surface area contributed by atoms with E-state index in [0.717, 1.165) is 68.0 Å². The first-order valence-corrected chi connectivity index (χ1v) is 13.3. The second kappa shape index (κ2) is 9.43. The molecule has 0 radical (unpaired) electrons. The topological polar surface area (TPSA) is 70.6 Å². The van der Waals surface area contributed by atoms with Crippen LogP contribution in [0.1, 0.15) is 97.8 Å². The van der Waals surface area contributed by atoms with E-state index in [1.165, 1.54) is 55.4 Å². The number of nitrogens with zero attached hydrogens (tertiary/aromatic N) is 1. The van der Waals surface area contributed by atoms with Gasteiger partial charge in [0.1, 0.15) is 10.7 Å². The Morgan fingerprint density at radius 1 is 1.00 bits per heavy atom. The van der Waals surface area contributed by atoms with Crippen molar-refractivity contribution in [2.75, 3.05) is 6.54 Å². The molecule has 2 saturated carbocycles. The summed E-state index contributed by atoms with van der Waals surface area (Å²) >= 11 is 1.65. The van der Waals surface area contributed by atoms with Gasteiger partial charge in [0.15, 0.2) is 0 Å². The Morgan fingerprint density at radius 3 is 2.65 bits per heavy atom. The summed E-state index contributed by atoms with van der Waals surface area (Å²) in [4.78, 5) is 32.2. The first-order valence-electron chi connectivity index (χ1n) is 12.5. The molecule has 2 atom stereocenters. The predicted octanol–water partition coefficient (Wildman–Crippen LogP) is 5.09. The highest BCUT2D eigenvalue weighted by molar-refractivity contribution is 7.16. The van der Waals surface area contributed by atoms with Crippen LogP contribution in [0.4, 0.5) is 5.00 Å². The second-order valence-corrected chi connectivity index (χ2v) is 11.0. The lowest BCUT2D eigenvalue weighted by molar-refractivity contribution is -0.114. The molecule has 4 aliphatic rings. The Hall–Kier alpha value is -1.69. The van der Waals surface area contributed by atoms with Gasteiger partial charge in [0, 0.05) is 23.4 Å². The number of aliphatic imine (C=N–C) groups is 1. The molecule has 31 heavy (non-hydrogen) atoms. The molecule has 1 saturated heterocycles. The van der Waals surface area contributed by atoms with Gasteiger partial charge >= 0.3 is 0 Å². The minimum Gasteiger partial charge on any atom is -0.352 e. The lowest BCUT2D eigenvalue weighted by Gasteiger charge is -2.23. The number of thiophene rings is 1. The molecule has 0 aromatic carbocycles. The van der Waals surface area contributed by atoms with Crippen LogP contribution < -0.4 is 10.6 Å². The fraction of sp³-hybridized carbons (Fsp3) is 0.720. The van der Waals surface area contributed by atoms with E-state index in [9.17, 15) is 9.59 Å². The molecule has 3 fully saturated rings. The van der Waals surface area contributed by atoms with Gasteiger partial charge in [0.05, 0.1) is 5.56 Å². The van der Waals surface area contributed by atoms with Crippen molar-refractivity contribution in [3.63, 3.8) is 0 Å². The molecule has 168 valence electrons. The van der Waals surface area contributed by atoms with Crippen LogP contribution in [0.15, 0.2) is 4.99 Å². The third-order valence-corrected chi connectivity index (χ3v) is 9.02. The van der Waals surface area contributed by atoms with Crippen LogP contribution in [-0.4, -0.2) is 30.1 Å². The van der Waals surface area contributed by atoms with Gasteiger partial charge in [-0.25, -0.2) is 4.99 Å². The summed E-state index contributed by atoms with van der Waals surface area (Å²) in [6.45, 7) is 0.745. The molecule has 1 aromatic heterocycles. The molecule has 2 amide bonds. The summed E-state index contributed by atoms with van der Waals surface area (Å²) < 4.78 is 0. The smallest absolute Gasteiger partial charge is 0.266 e. The Bertz CT molecular complexity index is 868. The van der Waals surface area contributed by atoms with E-state index in [4.69, 9.17) is 4.99 Å². The fourth-order valence-electron chi connectivity index (χ4n) is 6.10. The van der Waals surface area contributed by atoms with Crippen molar-refractivity contribution in [2.45, 2.75) is 95.9 Å². The normalized spacial score (nSPS) is 27.6. The molecule has 5 rings (SSSR count). The van der Waals surface area contributed by atoms with E-state index < -0.39 is 0 Å². The number of aryl methyl sites for hydroxylation is 1. The molecular weight excluding hydrogens is 406 g/mol. The van der Waals surface area contributed by atoms with Gasteiger partial charge in [-0.15, -0.1) is 11.3 Å². The summed E-state index contributed by atoms with van der Waals surface area (Å²) in [6, 6.07) is 0.238. The van der Waals surface area contributed by atoms with Crippen molar-refractivity contribution in [1.82, 2.24) is 10.6 Å². The Balaban J connectivity index is 1.37. The molecule has 0 spiro atoms. The number of nitrogens with one attached hydrogen (secondary N) is 2. The molecular formula is C25H35N3O2S. The maximum atomic E-state index is 13.3. The van der Waals surface area contributed by atoms with Crippen molar-refractivity contribution < 1.29 is 9.59 Å². The molecule has 2 unspecified atom stereocenters. The Labute approximate surface area is 189 Å². The Morgan fingerprint density at radius 2 is 1.77 bits per heavy atom. The summed E-state index contributed by atoms with van der Waals surface area (Å²) in [5, 5.41) is 7.13. The van der Waals surface area contributed by atoms with Gasteiger partial charge in [0.2, 0.25) is 0 Å². The van der Waals surface area contributed by atoms with Crippen molar-refractivity contribution in [2.24, 2.45) is 16.8 Å². The van der Waals surface area contributed by atoms with Gasteiger partial charge in [-0.2, -0.15) is 0 Å². The van der Waals surface area contributed by atoms with Crippen LogP contribution >= 0.6 is 11.3 Å². The average Bonchev–Trinajstić information content (AvgIpc) is 3.32. The number of fused-ring (bicyclic) bond motifs is 2. The van der Waals surface area contributed by atoms with Crippen LogP contribution in [0.5, 0.6) is 0 Å². The molecule has 3 aliphatic carbocycles. The monoisotopic (exact) mass is 441 g/mol. The summed E-state index contributed by atoms with van der Waals surface area (Å²) in [6.07, 6.45) is 16.4.